The Labute approximate surface area is 71.8 Å². The highest BCUT2D eigenvalue weighted by atomic mass is 15.3. The fraction of sp³-hybridized carbons (Fsp3) is 0.222. The molecule has 62 valence electrons. The highest BCUT2D eigenvalue weighted by Crippen LogP contribution is 2.17. The lowest BCUT2D eigenvalue weighted by Crippen LogP contribution is -2.42. The molecule has 0 aliphatic heterocycles. The molecule has 1 unspecified atom stereocenters. The molecular formula is C9H11N3. The van der Waals surface area contributed by atoms with Gasteiger partial charge in [0.15, 0.2) is 0 Å². The Kier molecular flexibility index (Phi) is 2.44. The number of hydrogen-bond acceptors (Lipinski definition) is 3. The quantitative estimate of drug-likeness (QED) is 0.500. The van der Waals surface area contributed by atoms with Crippen molar-refractivity contribution in [2.24, 2.45) is 5.84 Å². The first-order valence-electron chi connectivity index (χ1n) is 3.67. The molecule has 0 saturated heterocycles. The smallest absolute Gasteiger partial charge is 0.141 e. The fourth-order valence-electron chi connectivity index (χ4n) is 0.952. The Balaban J connectivity index is 3.06. The lowest BCUT2D eigenvalue weighted by Gasteiger charge is -2.20. The normalized spacial score (nSPS) is 14.8. The van der Waals surface area contributed by atoms with E-state index in [2.05, 4.69) is 11.5 Å². The Morgan fingerprint density at radius 3 is 2.42 bits per heavy atom. The summed E-state index contributed by atoms with van der Waals surface area (Å²) in [4.78, 5) is 0. The maximum Gasteiger partial charge on any atom is 0.141 e. The summed E-state index contributed by atoms with van der Waals surface area (Å²) in [6, 6.07) is 11.5. The van der Waals surface area contributed by atoms with E-state index in [1.165, 1.54) is 0 Å². The molecule has 3 heteroatoms. The van der Waals surface area contributed by atoms with Crippen LogP contribution >= 0.6 is 0 Å². The average Bonchev–Trinajstić information content (AvgIpc) is 2.18. The Hall–Kier alpha value is -1.37. The number of nitrogens with zero attached hydrogens (tertiary/aromatic N) is 1. The lowest BCUT2D eigenvalue weighted by molar-refractivity contribution is 0.482. The second-order valence-electron chi connectivity index (χ2n) is 2.75. The van der Waals surface area contributed by atoms with Crippen molar-refractivity contribution in [3.05, 3.63) is 35.9 Å². The summed E-state index contributed by atoms with van der Waals surface area (Å²) in [5.74, 6) is 5.28. The molecule has 0 amide bonds. The molecule has 1 aromatic carbocycles. The van der Waals surface area contributed by atoms with E-state index in [0.29, 0.717) is 0 Å². The predicted molar refractivity (Wildman–Crippen MR) is 46.7 cm³/mol. The molecule has 0 bridgehead atoms. The van der Waals surface area contributed by atoms with Crippen LogP contribution in [-0.4, -0.2) is 0 Å². The van der Waals surface area contributed by atoms with Crippen LogP contribution in [0.15, 0.2) is 30.3 Å². The molecule has 0 aliphatic rings. The number of nitrogens with two attached hydrogens (primary N) is 1. The molecule has 0 radical (unpaired) electrons. The van der Waals surface area contributed by atoms with E-state index in [4.69, 9.17) is 11.1 Å². The van der Waals surface area contributed by atoms with Crippen LogP contribution in [0.3, 0.4) is 0 Å². The molecule has 0 saturated carbocycles. The zero-order valence-corrected chi connectivity index (χ0v) is 6.91. The van der Waals surface area contributed by atoms with Crippen LogP contribution in [0.5, 0.6) is 0 Å². The van der Waals surface area contributed by atoms with Gasteiger partial charge in [-0.15, -0.1) is 0 Å². The second-order valence-corrected chi connectivity index (χ2v) is 2.75. The third-order valence-corrected chi connectivity index (χ3v) is 1.86. The molecule has 0 aromatic heterocycles. The summed E-state index contributed by atoms with van der Waals surface area (Å²) in [6.07, 6.45) is 0. The molecule has 1 aromatic rings. The zero-order chi connectivity index (χ0) is 9.03. The molecule has 3 N–H and O–H groups in total. The predicted octanol–water partition coefficient (Wildman–Crippen LogP) is 0.889. The van der Waals surface area contributed by atoms with Gasteiger partial charge >= 0.3 is 0 Å². The van der Waals surface area contributed by atoms with Gasteiger partial charge in [0.2, 0.25) is 0 Å². The minimum Gasteiger partial charge on any atom is -0.270 e. The third kappa shape index (κ3) is 1.45. The summed E-state index contributed by atoms with van der Waals surface area (Å²) >= 11 is 0. The summed E-state index contributed by atoms with van der Waals surface area (Å²) in [5, 5.41) is 8.85. The first kappa shape index (κ1) is 8.72. The maximum atomic E-state index is 8.85. The molecule has 0 spiro atoms. The largest absolute Gasteiger partial charge is 0.270 e. The highest BCUT2D eigenvalue weighted by Gasteiger charge is 2.23. The molecular weight excluding hydrogens is 150 g/mol. The number of rotatable bonds is 2. The molecule has 0 aliphatic carbocycles. The van der Waals surface area contributed by atoms with E-state index >= 15 is 0 Å². The van der Waals surface area contributed by atoms with Gasteiger partial charge in [-0.05, 0) is 12.5 Å². The van der Waals surface area contributed by atoms with Gasteiger partial charge in [-0.25, -0.2) is 5.43 Å². The van der Waals surface area contributed by atoms with E-state index in [-0.39, 0.29) is 0 Å². The second kappa shape index (κ2) is 3.35. The van der Waals surface area contributed by atoms with E-state index in [0.717, 1.165) is 5.56 Å². The van der Waals surface area contributed by atoms with Crippen LogP contribution < -0.4 is 11.3 Å². The van der Waals surface area contributed by atoms with Crippen LogP contribution in [-0.2, 0) is 5.54 Å². The summed E-state index contributed by atoms with van der Waals surface area (Å²) in [5.41, 5.74) is 2.56. The summed E-state index contributed by atoms with van der Waals surface area (Å²) in [7, 11) is 0. The van der Waals surface area contributed by atoms with Crippen LogP contribution in [0.25, 0.3) is 0 Å². The van der Waals surface area contributed by atoms with Crippen molar-refractivity contribution in [1.82, 2.24) is 5.43 Å². The third-order valence-electron chi connectivity index (χ3n) is 1.86. The van der Waals surface area contributed by atoms with Crippen molar-refractivity contribution in [1.29, 1.82) is 5.26 Å². The van der Waals surface area contributed by atoms with Gasteiger partial charge in [0.1, 0.15) is 5.54 Å². The van der Waals surface area contributed by atoms with Gasteiger partial charge in [0.05, 0.1) is 6.07 Å². The molecule has 1 atom stereocenters. The van der Waals surface area contributed by atoms with Crippen LogP contribution in [0.2, 0.25) is 0 Å². The Morgan fingerprint density at radius 1 is 1.42 bits per heavy atom. The minimum atomic E-state index is -0.790. The zero-order valence-electron chi connectivity index (χ0n) is 6.91. The number of hydrazine groups is 1. The highest BCUT2D eigenvalue weighted by molar-refractivity contribution is 5.29. The van der Waals surface area contributed by atoms with Crippen molar-refractivity contribution in [3.63, 3.8) is 0 Å². The monoisotopic (exact) mass is 161 g/mol. The van der Waals surface area contributed by atoms with Gasteiger partial charge in [-0.1, -0.05) is 30.3 Å². The van der Waals surface area contributed by atoms with E-state index in [9.17, 15) is 0 Å². The Morgan fingerprint density at radius 2 is 2.00 bits per heavy atom. The van der Waals surface area contributed by atoms with Gasteiger partial charge in [0, 0.05) is 0 Å². The van der Waals surface area contributed by atoms with Crippen molar-refractivity contribution >= 4 is 0 Å². The number of hydrogen-bond donors (Lipinski definition) is 2. The standard InChI is InChI=1S/C9H11N3/c1-9(7-10,12-11)8-5-3-2-4-6-8/h2-6,12H,11H2,1H3. The maximum absolute atomic E-state index is 8.85. The van der Waals surface area contributed by atoms with Gasteiger partial charge in [-0.2, -0.15) is 5.26 Å². The van der Waals surface area contributed by atoms with Crippen LogP contribution in [0.4, 0.5) is 0 Å². The van der Waals surface area contributed by atoms with Crippen molar-refractivity contribution in [2.45, 2.75) is 12.5 Å². The van der Waals surface area contributed by atoms with Gasteiger partial charge in [-0.3, -0.25) is 5.84 Å². The first-order chi connectivity index (χ1) is 5.73. The van der Waals surface area contributed by atoms with Crippen molar-refractivity contribution in [2.75, 3.05) is 0 Å². The lowest BCUT2D eigenvalue weighted by atomic mass is 9.95. The molecule has 3 nitrogen and oxygen atoms in total. The number of nitriles is 1. The topological polar surface area (TPSA) is 61.8 Å². The van der Waals surface area contributed by atoms with Gasteiger partial charge in [0.25, 0.3) is 0 Å². The number of nitrogens with one attached hydrogen (secondary N) is 1. The van der Waals surface area contributed by atoms with E-state index in [1.54, 1.807) is 6.92 Å². The summed E-state index contributed by atoms with van der Waals surface area (Å²) in [6.45, 7) is 1.74. The Bertz CT molecular complexity index is 288. The molecule has 1 rings (SSSR count). The van der Waals surface area contributed by atoms with E-state index in [1.807, 2.05) is 30.3 Å². The number of benzene rings is 1. The molecule has 12 heavy (non-hydrogen) atoms. The van der Waals surface area contributed by atoms with Crippen LogP contribution in [0.1, 0.15) is 12.5 Å². The average molecular weight is 161 g/mol. The minimum absolute atomic E-state index is 0.790. The first-order valence-corrected chi connectivity index (χ1v) is 3.67. The van der Waals surface area contributed by atoms with Crippen LogP contribution in [0, 0.1) is 11.3 Å². The van der Waals surface area contributed by atoms with E-state index < -0.39 is 5.54 Å². The fourth-order valence-corrected chi connectivity index (χ4v) is 0.952. The van der Waals surface area contributed by atoms with Crippen molar-refractivity contribution in [3.8, 4) is 6.07 Å². The van der Waals surface area contributed by atoms with Gasteiger partial charge < -0.3 is 0 Å². The SMILES string of the molecule is CC(C#N)(NN)c1ccccc1. The molecule has 0 fully saturated rings. The molecule has 0 heterocycles. The van der Waals surface area contributed by atoms with Crippen molar-refractivity contribution < 1.29 is 0 Å². The summed E-state index contributed by atoms with van der Waals surface area (Å²) < 4.78 is 0.